The van der Waals surface area contributed by atoms with Gasteiger partial charge in [-0.1, -0.05) is 46.8 Å². The minimum Gasteiger partial charge on any atom is -0.369 e. The van der Waals surface area contributed by atoms with Gasteiger partial charge in [-0.3, -0.25) is 4.79 Å². The van der Waals surface area contributed by atoms with Gasteiger partial charge in [0.15, 0.2) is 0 Å². The van der Waals surface area contributed by atoms with E-state index in [4.69, 9.17) is 0 Å². The van der Waals surface area contributed by atoms with Crippen LogP contribution >= 0.6 is 0 Å². The Labute approximate surface area is 209 Å². The number of anilines is 2. The summed E-state index contributed by atoms with van der Waals surface area (Å²) in [5.41, 5.74) is 2.59. The van der Waals surface area contributed by atoms with Crippen molar-refractivity contribution in [1.29, 1.82) is 5.26 Å². The maximum atomic E-state index is 13.1. The number of nitriles is 1. The first-order valence-corrected chi connectivity index (χ1v) is 12.3. The first kappa shape index (κ1) is 26.4. The zero-order valence-corrected chi connectivity index (χ0v) is 22.0. The molecular weight excluding hydrogens is 438 g/mol. The first-order valence-electron chi connectivity index (χ1n) is 12.3. The Morgan fingerprint density at radius 2 is 1.74 bits per heavy atom. The molecule has 1 saturated heterocycles. The van der Waals surface area contributed by atoms with Crippen LogP contribution in [-0.2, 0) is 17.8 Å². The molecule has 8 heteroatoms. The van der Waals surface area contributed by atoms with Crippen LogP contribution in [0.25, 0.3) is 0 Å². The predicted molar refractivity (Wildman–Crippen MR) is 140 cm³/mol. The van der Waals surface area contributed by atoms with E-state index in [0.29, 0.717) is 25.3 Å². The lowest BCUT2D eigenvalue weighted by molar-refractivity contribution is -0.129. The molecule has 1 fully saturated rings. The average molecular weight is 478 g/mol. The van der Waals surface area contributed by atoms with Crippen LogP contribution in [0.1, 0.15) is 51.6 Å². The standard InChI is InChI=1S/C27H39N7O/c1-26(2,3)19-31-24-21(17-29-23(16-28)32-24)18-30-25(35)27(4,5)15-20-7-9-22(10-8-20)34-13-11-33(6)12-14-34/h7-10,17H,11-15,18-19H2,1-6H3,(H,30,35)(H,29,31,32). The molecule has 0 unspecified atom stereocenters. The Balaban J connectivity index is 1.61. The number of likely N-dealkylation sites (N-methyl/N-ethyl adjacent to an activating group) is 1. The van der Waals surface area contributed by atoms with Gasteiger partial charge in [0.05, 0.1) is 0 Å². The van der Waals surface area contributed by atoms with Crippen LogP contribution in [0.3, 0.4) is 0 Å². The van der Waals surface area contributed by atoms with Crippen molar-refractivity contribution < 1.29 is 4.79 Å². The molecule has 2 aromatic rings. The maximum Gasteiger partial charge on any atom is 0.234 e. The van der Waals surface area contributed by atoms with E-state index < -0.39 is 5.41 Å². The van der Waals surface area contributed by atoms with Crippen LogP contribution in [0.2, 0.25) is 0 Å². The second kappa shape index (κ2) is 11.0. The molecule has 0 aliphatic carbocycles. The molecule has 2 heterocycles. The second-order valence-electron chi connectivity index (χ2n) is 11.3. The van der Waals surface area contributed by atoms with E-state index in [0.717, 1.165) is 37.3 Å². The molecule has 0 spiro atoms. The summed E-state index contributed by atoms with van der Waals surface area (Å²) in [5.74, 6) is 0.660. The van der Waals surface area contributed by atoms with Gasteiger partial charge in [0.25, 0.3) is 0 Å². The van der Waals surface area contributed by atoms with E-state index in [2.05, 4.69) is 82.5 Å². The molecule has 0 atom stereocenters. The number of carbonyl (C=O) groups excluding carboxylic acids is 1. The summed E-state index contributed by atoms with van der Waals surface area (Å²) >= 11 is 0. The Kier molecular flexibility index (Phi) is 8.34. The van der Waals surface area contributed by atoms with Crippen molar-refractivity contribution in [2.45, 2.75) is 47.6 Å². The molecule has 3 rings (SSSR count). The van der Waals surface area contributed by atoms with E-state index in [1.54, 1.807) is 6.20 Å². The van der Waals surface area contributed by atoms with Gasteiger partial charge in [-0.25, -0.2) is 9.97 Å². The highest BCUT2D eigenvalue weighted by molar-refractivity contribution is 5.82. The third-order valence-electron chi connectivity index (χ3n) is 6.26. The molecule has 2 N–H and O–H groups in total. The lowest BCUT2D eigenvalue weighted by Crippen LogP contribution is -2.44. The van der Waals surface area contributed by atoms with Gasteiger partial charge in [-0.15, -0.1) is 0 Å². The third-order valence-corrected chi connectivity index (χ3v) is 6.26. The highest BCUT2D eigenvalue weighted by Crippen LogP contribution is 2.25. The molecule has 1 aromatic heterocycles. The fourth-order valence-electron chi connectivity index (χ4n) is 3.99. The van der Waals surface area contributed by atoms with E-state index in [1.165, 1.54) is 5.69 Å². The van der Waals surface area contributed by atoms with Gasteiger partial charge in [0.1, 0.15) is 11.9 Å². The molecule has 188 valence electrons. The van der Waals surface area contributed by atoms with Gasteiger partial charge < -0.3 is 20.4 Å². The molecule has 0 radical (unpaired) electrons. The van der Waals surface area contributed by atoms with Crippen molar-refractivity contribution in [3.8, 4) is 6.07 Å². The van der Waals surface area contributed by atoms with Crippen molar-refractivity contribution in [2.75, 3.05) is 50.0 Å². The summed E-state index contributed by atoms with van der Waals surface area (Å²) in [6, 6.07) is 10.6. The lowest BCUT2D eigenvalue weighted by atomic mass is 9.84. The number of amides is 1. The largest absolute Gasteiger partial charge is 0.369 e. The molecule has 35 heavy (non-hydrogen) atoms. The van der Waals surface area contributed by atoms with Crippen LogP contribution in [0.5, 0.6) is 0 Å². The second-order valence-corrected chi connectivity index (χ2v) is 11.3. The molecule has 1 aliphatic rings. The van der Waals surface area contributed by atoms with Gasteiger partial charge in [-0.05, 0) is 36.6 Å². The fraction of sp³-hybridized carbons (Fsp3) is 0.556. The Morgan fingerprint density at radius 1 is 1.09 bits per heavy atom. The van der Waals surface area contributed by atoms with Crippen LogP contribution in [0.4, 0.5) is 11.5 Å². The summed E-state index contributed by atoms with van der Waals surface area (Å²) in [5, 5.41) is 15.5. The number of hydrogen-bond donors (Lipinski definition) is 2. The Bertz CT molecular complexity index is 1040. The number of nitrogens with one attached hydrogen (secondary N) is 2. The summed E-state index contributed by atoms with van der Waals surface area (Å²) < 4.78 is 0. The smallest absolute Gasteiger partial charge is 0.234 e. The SMILES string of the molecule is CN1CCN(c2ccc(CC(C)(C)C(=O)NCc3cnc(C#N)nc3NCC(C)(C)C)cc2)CC1. The van der Waals surface area contributed by atoms with Gasteiger partial charge in [0, 0.05) is 62.1 Å². The highest BCUT2D eigenvalue weighted by atomic mass is 16.2. The molecule has 1 aromatic carbocycles. The monoisotopic (exact) mass is 477 g/mol. The number of nitrogens with zero attached hydrogens (tertiary/aromatic N) is 5. The number of hydrogen-bond acceptors (Lipinski definition) is 7. The molecule has 8 nitrogen and oxygen atoms in total. The van der Waals surface area contributed by atoms with Crippen LogP contribution < -0.4 is 15.5 Å². The fourth-order valence-corrected chi connectivity index (χ4v) is 3.99. The zero-order valence-electron chi connectivity index (χ0n) is 22.0. The Hall–Kier alpha value is -3.18. The highest BCUT2D eigenvalue weighted by Gasteiger charge is 2.28. The van der Waals surface area contributed by atoms with E-state index in [1.807, 2.05) is 19.9 Å². The molecular formula is C27H39N7O. The number of benzene rings is 1. The van der Waals surface area contributed by atoms with Crippen LogP contribution in [0.15, 0.2) is 30.5 Å². The van der Waals surface area contributed by atoms with Gasteiger partial charge in [-0.2, -0.15) is 5.26 Å². The zero-order chi connectivity index (χ0) is 25.6. The molecule has 1 aliphatic heterocycles. The predicted octanol–water partition coefficient (Wildman–Crippen LogP) is 3.44. The van der Waals surface area contributed by atoms with E-state index in [-0.39, 0.29) is 17.1 Å². The van der Waals surface area contributed by atoms with Crippen molar-refractivity contribution in [3.05, 3.63) is 47.4 Å². The molecule has 1 amide bonds. The van der Waals surface area contributed by atoms with Crippen molar-refractivity contribution >= 4 is 17.4 Å². The van der Waals surface area contributed by atoms with Gasteiger partial charge in [0.2, 0.25) is 11.7 Å². The van der Waals surface area contributed by atoms with Crippen molar-refractivity contribution in [1.82, 2.24) is 20.2 Å². The Morgan fingerprint density at radius 3 is 2.34 bits per heavy atom. The summed E-state index contributed by atoms with van der Waals surface area (Å²) in [6.45, 7) is 15.5. The van der Waals surface area contributed by atoms with E-state index >= 15 is 0 Å². The van der Waals surface area contributed by atoms with Crippen LogP contribution in [-0.4, -0.2) is 60.5 Å². The first-order chi connectivity index (χ1) is 16.5. The number of aromatic nitrogens is 2. The van der Waals surface area contributed by atoms with Crippen molar-refractivity contribution in [2.24, 2.45) is 10.8 Å². The summed E-state index contributed by atoms with van der Waals surface area (Å²) in [7, 11) is 2.16. The summed E-state index contributed by atoms with van der Waals surface area (Å²) in [4.78, 5) is 26.3. The topological polar surface area (TPSA) is 97.2 Å². The minimum atomic E-state index is -0.582. The van der Waals surface area contributed by atoms with Crippen LogP contribution in [0, 0.1) is 22.2 Å². The lowest BCUT2D eigenvalue weighted by Gasteiger charge is -2.34. The normalized spacial score (nSPS) is 14.9. The number of piperazine rings is 1. The minimum absolute atomic E-state index is 0.0354. The van der Waals surface area contributed by atoms with Crippen molar-refractivity contribution in [3.63, 3.8) is 0 Å². The third kappa shape index (κ3) is 7.66. The number of carbonyl (C=O) groups is 1. The van der Waals surface area contributed by atoms with Gasteiger partial charge >= 0.3 is 0 Å². The average Bonchev–Trinajstić information content (AvgIpc) is 2.81. The quantitative estimate of drug-likeness (QED) is 0.601. The summed E-state index contributed by atoms with van der Waals surface area (Å²) in [6.07, 6.45) is 2.25. The van der Waals surface area contributed by atoms with E-state index in [9.17, 15) is 10.1 Å². The maximum absolute atomic E-state index is 13.1. The molecule has 0 bridgehead atoms. The molecule has 0 saturated carbocycles. The number of rotatable bonds is 8.